The monoisotopic (exact) mass is 168 g/mol. The second-order valence-electron chi connectivity index (χ2n) is 3.70. The van der Waals surface area contributed by atoms with Crippen LogP contribution in [0, 0.1) is 6.67 Å². The maximum Gasteiger partial charge on any atom is 0.147 e. The zero-order valence-electron chi connectivity index (χ0n) is 8.67. The Kier molecular flexibility index (Phi) is 3.53. The standard InChI is InChI=1S/C10H20N2/c1-5-10-7-11(6-2)8-12(10)9(3)4/h9-10H,5-7H2,1-4H3/t10-/m0/s1. The highest BCUT2D eigenvalue weighted by Gasteiger charge is 2.30. The summed E-state index contributed by atoms with van der Waals surface area (Å²) < 4.78 is 0. The molecule has 0 N–H and O–H groups in total. The Morgan fingerprint density at radius 1 is 1.42 bits per heavy atom. The molecule has 1 aliphatic heterocycles. The molecule has 70 valence electrons. The van der Waals surface area contributed by atoms with E-state index in [0.29, 0.717) is 12.1 Å². The minimum absolute atomic E-state index is 0.589. The van der Waals surface area contributed by atoms with Crippen molar-refractivity contribution in [2.75, 3.05) is 13.1 Å². The van der Waals surface area contributed by atoms with Gasteiger partial charge in [-0.3, -0.25) is 9.80 Å². The molecule has 1 atom stereocenters. The SMILES string of the molecule is CC[C@H]1CN(CC)[C]N1C(C)C. The van der Waals surface area contributed by atoms with Gasteiger partial charge in [-0.1, -0.05) is 13.8 Å². The van der Waals surface area contributed by atoms with Gasteiger partial charge in [0.1, 0.15) is 6.67 Å². The van der Waals surface area contributed by atoms with Crippen LogP contribution >= 0.6 is 0 Å². The van der Waals surface area contributed by atoms with Crippen molar-refractivity contribution in [3.8, 4) is 0 Å². The Morgan fingerprint density at radius 3 is 2.42 bits per heavy atom. The predicted molar refractivity (Wildman–Crippen MR) is 51.5 cm³/mol. The van der Waals surface area contributed by atoms with Gasteiger partial charge in [0.25, 0.3) is 0 Å². The normalized spacial score (nSPS) is 27.2. The highest BCUT2D eigenvalue weighted by atomic mass is 15.4. The Balaban J connectivity index is 2.50. The zero-order valence-corrected chi connectivity index (χ0v) is 8.67. The second kappa shape index (κ2) is 4.24. The van der Waals surface area contributed by atoms with Gasteiger partial charge in [-0.15, -0.1) is 0 Å². The summed E-state index contributed by atoms with van der Waals surface area (Å²) in [5.74, 6) is 0. The zero-order chi connectivity index (χ0) is 9.14. The maximum atomic E-state index is 3.41. The molecule has 2 radical (unpaired) electrons. The third-order valence-corrected chi connectivity index (χ3v) is 2.49. The molecule has 0 aromatic carbocycles. The lowest BCUT2D eigenvalue weighted by molar-refractivity contribution is 0.231. The fourth-order valence-corrected chi connectivity index (χ4v) is 1.69. The first-order valence-corrected chi connectivity index (χ1v) is 4.98. The Morgan fingerprint density at radius 2 is 2.08 bits per heavy atom. The van der Waals surface area contributed by atoms with Crippen molar-refractivity contribution in [1.82, 2.24) is 9.80 Å². The lowest BCUT2D eigenvalue weighted by Gasteiger charge is -2.24. The lowest BCUT2D eigenvalue weighted by atomic mass is 10.2. The molecule has 1 heterocycles. The van der Waals surface area contributed by atoms with Crippen LogP contribution in [0.25, 0.3) is 0 Å². The van der Waals surface area contributed by atoms with E-state index in [1.165, 1.54) is 6.42 Å². The molecule has 2 heteroatoms. The molecule has 0 unspecified atom stereocenters. The van der Waals surface area contributed by atoms with Crippen molar-refractivity contribution >= 4 is 0 Å². The molecule has 0 bridgehead atoms. The predicted octanol–water partition coefficient (Wildman–Crippen LogP) is 1.81. The summed E-state index contributed by atoms with van der Waals surface area (Å²) in [5, 5.41) is 0. The summed E-state index contributed by atoms with van der Waals surface area (Å²) in [6.45, 7) is 14.5. The quantitative estimate of drug-likeness (QED) is 0.634. The molecule has 0 spiro atoms. The minimum atomic E-state index is 0.589. The van der Waals surface area contributed by atoms with E-state index < -0.39 is 0 Å². The van der Waals surface area contributed by atoms with Crippen molar-refractivity contribution in [3.05, 3.63) is 6.67 Å². The van der Waals surface area contributed by atoms with Gasteiger partial charge in [-0.05, 0) is 26.8 Å². The molecule has 2 nitrogen and oxygen atoms in total. The Bertz CT molecular complexity index is 134. The van der Waals surface area contributed by atoms with Crippen molar-refractivity contribution in [1.29, 1.82) is 0 Å². The third-order valence-electron chi connectivity index (χ3n) is 2.49. The largest absolute Gasteiger partial charge is 0.278 e. The van der Waals surface area contributed by atoms with Crippen LogP contribution < -0.4 is 0 Å². The first-order valence-electron chi connectivity index (χ1n) is 4.98. The first-order chi connectivity index (χ1) is 5.69. The van der Waals surface area contributed by atoms with Crippen molar-refractivity contribution in [2.45, 2.75) is 46.2 Å². The molecule has 1 fully saturated rings. The van der Waals surface area contributed by atoms with E-state index in [0.717, 1.165) is 13.1 Å². The van der Waals surface area contributed by atoms with Crippen LogP contribution in [-0.4, -0.2) is 35.0 Å². The van der Waals surface area contributed by atoms with E-state index in [9.17, 15) is 0 Å². The maximum absolute atomic E-state index is 3.41. The summed E-state index contributed by atoms with van der Waals surface area (Å²) >= 11 is 0. The molecule has 1 rings (SSSR count). The van der Waals surface area contributed by atoms with Crippen molar-refractivity contribution in [2.24, 2.45) is 0 Å². The lowest BCUT2D eigenvalue weighted by Crippen LogP contribution is -2.33. The minimum Gasteiger partial charge on any atom is -0.278 e. The topological polar surface area (TPSA) is 6.48 Å². The van der Waals surface area contributed by atoms with E-state index in [2.05, 4.69) is 44.2 Å². The van der Waals surface area contributed by atoms with E-state index in [-0.39, 0.29) is 0 Å². The average Bonchev–Trinajstić information content (AvgIpc) is 2.47. The molecule has 1 saturated heterocycles. The highest BCUT2D eigenvalue weighted by Crippen LogP contribution is 2.21. The van der Waals surface area contributed by atoms with Gasteiger partial charge < -0.3 is 0 Å². The van der Waals surface area contributed by atoms with Gasteiger partial charge in [-0.2, -0.15) is 0 Å². The third kappa shape index (κ3) is 1.99. The Labute approximate surface area is 76.5 Å². The van der Waals surface area contributed by atoms with Gasteiger partial charge in [0, 0.05) is 18.6 Å². The molecule has 1 aliphatic rings. The van der Waals surface area contributed by atoms with Crippen molar-refractivity contribution < 1.29 is 0 Å². The number of rotatable bonds is 3. The summed E-state index contributed by atoms with van der Waals surface area (Å²) in [7, 11) is 0. The second-order valence-corrected chi connectivity index (χ2v) is 3.70. The number of hydrogen-bond acceptors (Lipinski definition) is 2. The molecular weight excluding hydrogens is 148 g/mol. The number of likely N-dealkylation sites (N-methyl/N-ethyl adjacent to an activating group) is 1. The van der Waals surface area contributed by atoms with Crippen LogP contribution in [0.2, 0.25) is 0 Å². The summed E-state index contributed by atoms with van der Waals surface area (Å²) in [6.07, 6.45) is 1.22. The van der Waals surface area contributed by atoms with E-state index in [1.807, 2.05) is 0 Å². The molecule has 0 aliphatic carbocycles. The van der Waals surface area contributed by atoms with Crippen LogP contribution in [0.4, 0.5) is 0 Å². The first kappa shape index (κ1) is 10.0. The summed E-state index contributed by atoms with van der Waals surface area (Å²) in [5.41, 5.74) is 0. The fourth-order valence-electron chi connectivity index (χ4n) is 1.69. The number of hydrogen-bond donors (Lipinski definition) is 0. The van der Waals surface area contributed by atoms with Gasteiger partial charge >= 0.3 is 0 Å². The molecule has 0 aromatic rings. The van der Waals surface area contributed by atoms with E-state index in [1.54, 1.807) is 0 Å². The summed E-state index contributed by atoms with van der Waals surface area (Å²) in [4.78, 5) is 4.62. The van der Waals surface area contributed by atoms with Crippen LogP contribution in [0.5, 0.6) is 0 Å². The smallest absolute Gasteiger partial charge is 0.147 e. The van der Waals surface area contributed by atoms with Crippen LogP contribution in [0.15, 0.2) is 0 Å². The van der Waals surface area contributed by atoms with Crippen molar-refractivity contribution in [3.63, 3.8) is 0 Å². The van der Waals surface area contributed by atoms with E-state index in [4.69, 9.17) is 0 Å². The van der Waals surface area contributed by atoms with Crippen LogP contribution in [-0.2, 0) is 0 Å². The molecule has 0 amide bonds. The number of nitrogens with zero attached hydrogens (tertiary/aromatic N) is 2. The molecular formula is C10H20N2. The molecule has 0 saturated carbocycles. The van der Waals surface area contributed by atoms with Crippen LogP contribution in [0.1, 0.15) is 34.1 Å². The van der Waals surface area contributed by atoms with Gasteiger partial charge in [0.15, 0.2) is 0 Å². The molecule has 0 aromatic heterocycles. The van der Waals surface area contributed by atoms with Gasteiger partial charge in [-0.25, -0.2) is 0 Å². The highest BCUT2D eigenvalue weighted by molar-refractivity contribution is 4.89. The molecule has 12 heavy (non-hydrogen) atoms. The van der Waals surface area contributed by atoms with Crippen LogP contribution in [0.3, 0.4) is 0 Å². The van der Waals surface area contributed by atoms with Gasteiger partial charge in [0.05, 0.1) is 0 Å². The van der Waals surface area contributed by atoms with E-state index >= 15 is 0 Å². The van der Waals surface area contributed by atoms with Gasteiger partial charge in [0.2, 0.25) is 0 Å². The fraction of sp³-hybridized carbons (Fsp3) is 0.900. The summed E-state index contributed by atoms with van der Waals surface area (Å²) in [6, 6.07) is 1.27. The average molecular weight is 168 g/mol. The Hall–Kier alpha value is -0.0800.